The molecule has 0 aliphatic heterocycles. The molecular formula is C28H28Cl2N2O. The summed E-state index contributed by atoms with van der Waals surface area (Å²) in [7, 11) is 0. The first-order chi connectivity index (χ1) is 15.9. The van der Waals surface area contributed by atoms with Crippen LogP contribution in [0.5, 0.6) is 0 Å². The van der Waals surface area contributed by atoms with E-state index in [-0.39, 0.29) is 17.4 Å². The normalized spacial score (nSPS) is 28.8. The van der Waals surface area contributed by atoms with E-state index in [9.17, 15) is 4.79 Å². The van der Waals surface area contributed by atoms with Crippen LogP contribution in [-0.4, -0.2) is 16.9 Å². The fourth-order valence-corrected chi connectivity index (χ4v) is 7.84. The molecule has 170 valence electrons. The van der Waals surface area contributed by atoms with Crippen molar-refractivity contribution in [3.05, 3.63) is 64.1 Å². The largest absolute Gasteiger partial charge is 0.349 e. The summed E-state index contributed by atoms with van der Waals surface area (Å²) in [5.41, 5.74) is 3.15. The van der Waals surface area contributed by atoms with E-state index >= 15 is 0 Å². The molecule has 4 aliphatic carbocycles. The van der Waals surface area contributed by atoms with Crippen LogP contribution in [-0.2, 0) is 0 Å². The topological polar surface area (TPSA) is 42.0 Å². The van der Waals surface area contributed by atoms with Crippen LogP contribution in [0.3, 0.4) is 0 Å². The number of nitrogens with zero attached hydrogens (tertiary/aromatic N) is 1. The first kappa shape index (κ1) is 21.4. The maximum Gasteiger partial charge on any atom is 0.252 e. The van der Waals surface area contributed by atoms with Gasteiger partial charge in [0.2, 0.25) is 0 Å². The van der Waals surface area contributed by atoms with E-state index < -0.39 is 0 Å². The number of halogens is 2. The average molecular weight is 479 g/mol. The summed E-state index contributed by atoms with van der Waals surface area (Å²) in [5, 5.41) is 5.39. The molecule has 0 saturated heterocycles. The number of aromatic nitrogens is 1. The van der Waals surface area contributed by atoms with Gasteiger partial charge in [0, 0.05) is 22.0 Å². The zero-order valence-electron chi connectivity index (χ0n) is 18.8. The van der Waals surface area contributed by atoms with E-state index in [0.717, 1.165) is 34.2 Å². The van der Waals surface area contributed by atoms with Gasteiger partial charge >= 0.3 is 0 Å². The molecule has 1 heterocycles. The number of para-hydroxylation sites is 1. The Bertz CT molecular complexity index is 1220. The Hall–Kier alpha value is -2.10. The third-order valence-electron chi connectivity index (χ3n) is 8.52. The highest BCUT2D eigenvalue weighted by Gasteiger charge is 2.53. The third kappa shape index (κ3) is 3.74. The highest BCUT2D eigenvalue weighted by Crippen LogP contribution is 2.61. The van der Waals surface area contributed by atoms with Crippen molar-refractivity contribution < 1.29 is 4.79 Å². The zero-order valence-corrected chi connectivity index (χ0v) is 20.3. The Balaban J connectivity index is 1.35. The van der Waals surface area contributed by atoms with Crippen molar-refractivity contribution in [2.45, 2.75) is 51.5 Å². The fraction of sp³-hybridized carbons (Fsp3) is 0.429. The maximum absolute atomic E-state index is 13.7. The van der Waals surface area contributed by atoms with Crippen LogP contribution in [0.1, 0.15) is 55.8 Å². The Labute approximate surface area is 204 Å². The lowest BCUT2D eigenvalue weighted by atomic mass is 9.48. The Morgan fingerprint density at radius 3 is 2.33 bits per heavy atom. The molecule has 3 nitrogen and oxygen atoms in total. The Kier molecular flexibility index (Phi) is 5.19. The van der Waals surface area contributed by atoms with Crippen LogP contribution in [0.25, 0.3) is 22.2 Å². The summed E-state index contributed by atoms with van der Waals surface area (Å²) in [6, 6.07) is 15.2. The van der Waals surface area contributed by atoms with Gasteiger partial charge in [-0.15, -0.1) is 0 Å². The van der Waals surface area contributed by atoms with Crippen molar-refractivity contribution in [1.82, 2.24) is 10.3 Å². The van der Waals surface area contributed by atoms with Crippen LogP contribution in [0.15, 0.2) is 48.5 Å². The molecule has 1 aromatic heterocycles. The first-order valence-electron chi connectivity index (χ1n) is 12.1. The van der Waals surface area contributed by atoms with Crippen molar-refractivity contribution in [3.63, 3.8) is 0 Å². The summed E-state index contributed by atoms with van der Waals surface area (Å²) >= 11 is 12.6. The molecule has 4 saturated carbocycles. The second-order valence-corrected chi connectivity index (χ2v) is 11.5. The number of hydrogen-bond donors (Lipinski definition) is 1. The minimum absolute atomic E-state index is 0.0248. The molecule has 33 heavy (non-hydrogen) atoms. The number of carbonyl (C=O) groups excluding carboxylic acids is 1. The molecule has 1 amide bonds. The molecule has 1 unspecified atom stereocenters. The second-order valence-electron chi connectivity index (χ2n) is 10.7. The molecule has 0 radical (unpaired) electrons. The third-order valence-corrected chi connectivity index (χ3v) is 9.07. The van der Waals surface area contributed by atoms with Crippen LogP contribution in [0.2, 0.25) is 10.0 Å². The number of pyridine rings is 1. The van der Waals surface area contributed by atoms with Crippen molar-refractivity contribution >= 4 is 40.0 Å². The molecule has 4 bridgehead atoms. The van der Waals surface area contributed by atoms with Gasteiger partial charge in [-0.3, -0.25) is 4.79 Å². The van der Waals surface area contributed by atoms with Crippen molar-refractivity contribution in [1.29, 1.82) is 0 Å². The van der Waals surface area contributed by atoms with E-state index in [1.807, 2.05) is 36.4 Å². The molecule has 7 rings (SSSR count). The highest BCUT2D eigenvalue weighted by atomic mass is 35.5. The number of rotatable bonds is 4. The number of hydrogen-bond acceptors (Lipinski definition) is 2. The van der Waals surface area contributed by atoms with Crippen LogP contribution in [0.4, 0.5) is 0 Å². The predicted molar refractivity (Wildman–Crippen MR) is 135 cm³/mol. The molecule has 4 fully saturated rings. The van der Waals surface area contributed by atoms with Gasteiger partial charge < -0.3 is 5.32 Å². The van der Waals surface area contributed by atoms with Gasteiger partial charge in [-0.1, -0.05) is 41.4 Å². The predicted octanol–water partition coefficient (Wildman–Crippen LogP) is 7.54. The monoisotopic (exact) mass is 478 g/mol. The van der Waals surface area contributed by atoms with Gasteiger partial charge in [0.05, 0.1) is 21.8 Å². The van der Waals surface area contributed by atoms with Gasteiger partial charge in [0.1, 0.15) is 0 Å². The van der Waals surface area contributed by atoms with Gasteiger partial charge in [0.15, 0.2) is 0 Å². The fourth-order valence-electron chi connectivity index (χ4n) is 7.33. The number of nitrogens with one attached hydrogen (secondary N) is 1. The standard InChI is InChI=1S/C28H28Cl2N2O/c1-16(28-13-17-8-18(14-28)10-19(9-17)15-28)31-27(33)23-12-26(22-7-6-20(29)11-24(22)30)32-25-5-3-2-4-21(23)25/h2-7,11-12,16-19H,8-10,13-15H2,1H3,(H,31,33). The summed E-state index contributed by atoms with van der Waals surface area (Å²) in [6.45, 7) is 2.23. The molecule has 4 aliphatic rings. The quantitative estimate of drug-likeness (QED) is 0.420. The number of carbonyl (C=O) groups is 1. The number of fused-ring (bicyclic) bond motifs is 1. The lowest BCUT2D eigenvalue weighted by Crippen LogP contribution is -2.55. The van der Waals surface area contributed by atoms with Gasteiger partial charge in [-0.05, 0) is 98.9 Å². The second kappa shape index (κ2) is 7.99. The number of amides is 1. The van der Waals surface area contributed by atoms with E-state index in [4.69, 9.17) is 28.2 Å². The van der Waals surface area contributed by atoms with Crippen molar-refractivity contribution in [2.24, 2.45) is 23.2 Å². The lowest BCUT2D eigenvalue weighted by Gasteiger charge is -2.59. The van der Waals surface area contributed by atoms with E-state index in [2.05, 4.69) is 12.2 Å². The molecule has 1 atom stereocenters. The van der Waals surface area contributed by atoms with Crippen LogP contribution in [0, 0.1) is 23.2 Å². The van der Waals surface area contributed by atoms with Crippen LogP contribution >= 0.6 is 23.2 Å². The number of benzene rings is 2. The molecule has 2 aromatic carbocycles. The maximum atomic E-state index is 13.7. The summed E-state index contributed by atoms with van der Waals surface area (Å²) < 4.78 is 0. The molecule has 1 N–H and O–H groups in total. The van der Waals surface area contributed by atoms with E-state index in [1.165, 1.54) is 38.5 Å². The summed E-state index contributed by atoms with van der Waals surface area (Å²) in [4.78, 5) is 18.5. The van der Waals surface area contributed by atoms with Crippen LogP contribution < -0.4 is 5.32 Å². The summed E-state index contributed by atoms with van der Waals surface area (Å²) in [6.07, 6.45) is 8.01. The SMILES string of the molecule is CC(NC(=O)c1cc(-c2ccc(Cl)cc2Cl)nc2ccccc12)C12CC3CC(CC(C3)C1)C2. The molecular weight excluding hydrogens is 451 g/mol. The Morgan fingerprint density at radius 1 is 1.00 bits per heavy atom. The molecule has 3 aromatic rings. The minimum Gasteiger partial charge on any atom is -0.349 e. The highest BCUT2D eigenvalue weighted by molar-refractivity contribution is 6.36. The van der Waals surface area contributed by atoms with E-state index in [0.29, 0.717) is 21.3 Å². The smallest absolute Gasteiger partial charge is 0.252 e. The van der Waals surface area contributed by atoms with Gasteiger partial charge in [-0.2, -0.15) is 0 Å². The minimum atomic E-state index is -0.0248. The average Bonchev–Trinajstić information content (AvgIpc) is 2.77. The van der Waals surface area contributed by atoms with Crippen molar-refractivity contribution in [2.75, 3.05) is 0 Å². The van der Waals surface area contributed by atoms with E-state index in [1.54, 1.807) is 12.1 Å². The molecule has 5 heteroatoms. The summed E-state index contributed by atoms with van der Waals surface area (Å²) in [5.74, 6) is 2.55. The van der Waals surface area contributed by atoms with Crippen molar-refractivity contribution in [3.8, 4) is 11.3 Å². The van der Waals surface area contributed by atoms with Gasteiger partial charge in [-0.25, -0.2) is 4.98 Å². The lowest BCUT2D eigenvalue weighted by molar-refractivity contribution is -0.0687. The zero-order chi connectivity index (χ0) is 22.7. The first-order valence-corrected chi connectivity index (χ1v) is 12.8. The molecule has 0 spiro atoms. The Morgan fingerprint density at radius 2 is 1.67 bits per heavy atom. The van der Waals surface area contributed by atoms with Gasteiger partial charge in [0.25, 0.3) is 5.91 Å².